The third kappa shape index (κ3) is 6.47. The zero-order chi connectivity index (χ0) is 18.6. The number of hydrogen-bond acceptors (Lipinski definition) is 3. The fourth-order valence-electron chi connectivity index (χ4n) is 2.33. The monoisotopic (exact) mass is 354 g/mol. The van der Waals surface area contributed by atoms with E-state index in [1.54, 1.807) is 0 Å². The second kappa shape index (κ2) is 10.8. The van der Waals surface area contributed by atoms with Crippen LogP contribution in [0.1, 0.15) is 19.4 Å². The van der Waals surface area contributed by atoms with Gasteiger partial charge < -0.3 is 20.7 Å². The van der Waals surface area contributed by atoms with Crippen LogP contribution in [0.25, 0.3) is 0 Å². The molecule has 0 aliphatic rings. The van der Waals surface area contributed by atoms with Crippen molar-refractivity contribution in [3.8, 4) is 5.75 Å². The van der Waals surface area contributed by atoms with Gasteiger partial charge in [0.05, 0.1) is 19.7 Å². The Labute approximate surface area is 154 Å². The number of guanidine groups is 1. The van der Waals surface area contributed by atoms with Crippen molar-refractivity contribution in [2.24, 2.45) is 4.99 Å². The smallest absolute Gasteiger partial charge is 0.243 e. The molecule has 2 aromatic carbocycles. The summed E-state index contributed by atoms with van der Waals surface area (Å²) >= 11 is 0. The van der Waals surface area contributed by atoms with Gasteiger partial charge in [-0.1, -0.05) is 36.4 Å². The molecule has 2 rings (SSSR count). The van der Waals surface area contributed by atoms with Gasteiger partial charge in [-0.05, 0) is 32.0 Å². The molecular weight excluding hydrogens is 328 g/mol. The second-order valence-electron chi connectivity index (χ2n) is 5.50. The lowest BCUT2D eigenvalue weighted by molar-refractivity contribution is -0.115. The van der Waals surface area contributed by atoms with Crippen molar-refractivity contribution in [3.05, 3.63) is 60.2 Å². The van der Waals surface area contributed by atoms with Crippen molar-refractivity contribution in [1.29, 1.82) is 0 Å². The van der Waals surface area contributed by atoms with E-state index in [4.69, 9.17) is 4.74 Å². The number of nitrogens with zero attached hydrogens (tertiary/aromatic N) is 1. The number of rotatable bonds is 8. The fraction of sp³-hybridized carbons (Fsp3) is 0.300. The molecule has 0 heterocycles. The van der Waals surface area contributed by atoms with Gasteiger partial charge in [-0.2, -0.15) is 0 Å². The quantitative estimate of drug-likeness (QED) is 0.503. The molecule has 0 saturated carbocycles. The molecule has 0 unspecified atom stereocenters. The first-order valence-corrected chi connectivity index (χ1v) is 8.80. The number of nitrogens with one attached hydrogen (secondary N) is 3. The molecule has 0 radical (unpaired) electrons. The zero-order valence-electron chi connectivity index (χ0n) is 15.3. The molecule has 6 nitrogen and oxygen atoms in total. The fourth-order valence-corrected chi connectivity index (χ4v) is 2.33. The summed E-state index contributed by atoms with van der Waals surface area (Å²) in [4.78, 5) is 16.6. The molecule has 1 amide bonds. The van der Waals surface area contributed by atoms with Crippen LogP contribution in [0.3, 0.4) is 0 Å². The highest BCUT2D eigenvalue weighted by atomic mass is 16.5. The largest absolute Gasteiger partial charge is 0.494 e. The van der Waals surface area contributed by atoms with Crippen molar-refractivity contribution in [2.45, 2.75) is 20.4 Å². The van der Waals surface area contributed by atoms with E-state index in [-0.39, 0.29) is 12.5 Å². The Balaban J connectivity index is 1.93. The van der Waals surface area contributed by atoms with Gasteiger partial charge in [0.25, 0.3) is 0 Å². The molecule has 2 aromatic rings. The number of carbonyl (C=O) groups excluding carboxylic acids is 1. The first-order valence-electron chi connectivity index (χ1n) is 8.80. The van der Waals surface area contributed by atoms with Crippen LogP contribution >= 0.6 is 0 Å². The van der Waals surface area contributed by atoms with Crippen LogP contribution in [0.15, 0.2) is 59.6 Å². The first-order chi connectivity index (χ1) is 12.7. The van der Waals surface area contributed by atoms with Crippen molar-refractivity contribution in [2.75, 3.05) is 25.0 Å². The van der Waals surface area contributed by atoms with E-state index in [0.29, 0.717) is 25.7 Å². The summed E-state index contributed by atoms with van der Waals surface area (Å²) < 4.78 is 5.62. The molecule has 3 N–H and O–H groups in total. The molecule has 0 saturated heterocycles. The number of aliphatic imine (C=N–C) groups is 1. The summed E-state index contributed by atoms with van der Waals surface area (Å²) in [7, 11) is 0. The number of anilines is 1. The van der Waals surface area contributed by atoms with Crippen molar-refractivity contribution >= 4 is 17.6 Å². The Bertz CT molecular complexity index is 717. The van der Waals surface area contributed by atoms with E-state index in [1.165, 1.54) is 0 Å². The number of ether oxygens (including phenoxy) is 1. The summed E-state index contributed by atoms with van der Waals surface area (Å²) in [6.45, 7) is 5.85. The summed E-state index contributed by atoms with van der Waals surface area (Å²) in [6.07, 6.45) is 0. The van der Waals surface area contributed by atoms with Gasteiger partial charge in [0.1, 0.15) is 5.75 Å². The number of amides is 1. The Hall–Kier alpha value is -3.02. The van der Waals surface area contributed by atoms with Gasteiger partial charge in [-0.15, -0.1) is 0 Å². The van der Waals surface area contributed by atoms with Gasteiger partial charge in [-0.25, -0.2) is 4.99 Å². The minimum absolute atomic E-state index is 0.128. The summed E-state index contributed by atoms with van der Waals surface area (Å²) in [5.74, 6) is 1.29. The lowest BCUT2D eigenvalue weighted by Crippen LogP contribution is -2.41. The molecule has 0 atom stereocenters. The maximum atomic E-state index is 12.1. The highest BCUT2D eigenvalue weighted by Crippen LogP contribution is 2.18. The Kier molecular flexibility index (Phi) is 7.99. The Morgan fingerprint density at radius 2 is 1.73 bits per heavy atom. The summed E-state index contributed by atoms with van der Waals surface area (Å²) in [6, 6.07) is 17.2. The average Bonchev–Trinajstić information content (AvgIpc) is 2.66. The van der Waals surface area contributed by atoms with Crippen LogP contribution in [0.2, 0.25) is 0 Å². The molecule has 0 fully saturated rings. The van der Waals surface area contributed by atoms with E-state index in [9.17, 15) is 4.79 Å². The molecule has 0 aliphatic heterocycles. The zero-order valence-corrected chi connectivity index (χ0v) is 15.3. The molecule has 0 spiro atoms. The minimum Gasteiger partial charge on any atom is -0.494 e. The Morgan fingerprint density at radius 1 is 1.00 bits per heavy atom. The van der Waals surface area contributed by atoms with E-state index in [1.807, 2.05) is 68.4 Å². The molecule has 0 bridgehead atoms. The number of para-hydroxylation sites is 2. The molecule has 6 heteroatoms. The van der Waals surface area contributed by atoms with Crippen LogP contribution < -0.4 is 20.7 Å². The highest BCUT2D eigenvalue weighted by Gasteiger charge is 2.06. The number of hydrogen-bond donors (Lipinski definition) is 3. The predicted octanol–water partition coefficient (Wildman–Crippen LogP) is 2.78. The normalized spacial score (nSPS) is 10.9. The molecule has 0 aliphatic carbocycles. The number of benzene rings is 2. The van der Waals surface area contributed by atoms with Crippen molar-refractivity contribution < 1.29 is 9.53 Å². The molecule has 26 heavy (non-hydrogen) atoms. The highest BCUT2D eigenvalue weighted by molar-refractivity contribution is 5.94. The maximum absolute atomic E-state index is 12.1. The van der Waals surface area contributed by atoms with E-state index in [2.05, 4.69) is 20.9 Å². The average molecular weight is 354 g/mol. The molecular formula is C20H26N4O2. The lowest BCUT2D eigenvalue weighted by Gasteiger charge is -2.12. The SMILES string of the molecule is CCNC(=NCc1ccccc1OCC)NCC(=O)Nc1ccccc1. The van der Waals surface area contributed by atoms with Crippen molar-refractivity contribution in [1.82, 2.24) is 10.6 Å². The van der Waals surface area contributed by atoms with E-state index < -0.39 is 0 Å². The van der Waals surface area contributed by atoms with E-state index >= 15 is 0 Å². The second-order valence-corrected chi connectivity index (χ2v) is 5.50. The van der Waals surface area contributed by atoms with Gasteiger partial charge in [-0.3, -0.25) is 4.79 Å². The van der Waals surface area contributed by atoms with Gasteiger partial charge in [0.2, 0.25) is 5.91 Å². The van der Waals surface area contributed by atoms with Gasteiger partial charge in [0, 0.05) is 17.8 Å². The van der Waals surface area contributed by atoms with Crippen LogP contribution in [0.4, 0.5) is 5.69 Å². The maximum Gasteiger partial charge on any atom is 0.243 e. The van der Waals surface area contributed by atoms with Crippen LogP contribution in [-0.4, -0.2) is 31.6 Å². The van der Waals surface area contributed by atoms with Gasteiger partial charge in [0.15, 0.2) is 5.96 Å². The Morgan fingerprint density at radius 3 is 2.46 bits per heavy atom. The molecule has 0 aromatic heterocycles. The van der Waals surface area contributed by atoms with Gasteiger partial charge >= 0.3 is 0 Å². The van der Waals surface area contributed by atoms with Crippen LogP contribution in [0, 0.1) is 0 Å². The standard InChI is InChI=1S/C20H26N4O2/c1-3-21-20(22-14-16-10-8-9-13-18(16)26-4-2)23-15-19(25)24-17-11-6-5-7-12-17/h5-13H,3-4,14-15H2,1-2H3,(H,24,25)(H2,21,22,23). The lowest BCUT2D eigenvalue weighted by atomic mass is 10.2. The predicted molar refractivity (Wildman–Crippen MR) is 106 cm³/mol. The minimum atomic E-state index is -0.128. The third-order valence-corrected chi connectivity index (χ3v) is 3.50. The first kappa shape index (κ1) is 19.3. The van der Waals surface area contributed by atoms with E-state index in [0.717, 1.165) is 17.0 Å². The summed E-state index contributed by atoms with van der Waals surface area (Å²) in [5.41, 5.74) is 1.77. The third-order valence-electron chi connectivity index (χ3n) is 3.50. The molecule has 138 valence electrons. The van der Waals surface area contributed by atoms with Crippen LogP contribution in [-0.2, 0) is 11.3 Å². The number of carbonyl (C=O) groups is 1. The van der Waals surface area contributed by atoms with Crippen LogP contribution in [0.5, 0.6) is 5.75 Å². The van der Waals surface area contributed by atoms with Crippen molar-refractivity contribution in [3.63, 3.8) is 0 Å². The summed E-state index contributed by atoms with van der Waals surface area (Å²) in [5, 5.41) is 9.02. The topological polar surface area (TPSA) is 74.8 Å².